The number of hydrogen-bond acceptors (Lipinski definition) is 2. The molecule has 0 aliphatic heterocycles. The van der Waals surface area contributed by atoms with Crippen LogP contribution in [0.1, 0.15) is 24.2 Å². The highest BCUT2D eigenvalue weighted by Gasteiger charge is 2.19. The van der Waals surface area contributed by atoms with Gasteiger partial charge < -0.3 is 10.4 Å². The van der Waals surface area contributed by atoms with Crippen molar-refractivity contribution >= 4 is 23.3 Å². The van der Waals surface area contributed by atoms with Crippen LogP contribution in [0.5, 0.6) is 0 Å². The lowest BCUT2D eigenvalue weighted by Gasteiger charge is -2.22. The molecule has 0 fully saturated rings. The molecule has 0 atom stereocenters. The summed E-state index contributed by atoms with van der Waals surface area (Å²) in [7, 11) is 0. The van der Waals surface area contributed by atoms with Gasteiger partial charge in [0, 0.05) is 0 Å². The molecule has 3 nitrogen and oxygen atoms in total. The third-order valence-corrected chi connectivity index (χ3v) is 2.35. The number of carboxylic acids is 1. The van der Waals surface area contributed by atoms with Crippen molar-refractivity contribution < 1.29 is 9.90 Å². The van der Waals surface area contributed by atoms with Gasteiger partial charge >= 0.3 is 5.97 Å². The molecular weight excluding hydrogens is 226 g/mol. The normalized spacial score (nSPS) is 10.6. The van der Waals surface area contributed by atoms with Crippen molar-refractivity contribution in [3.63, 3.8) is 0 Å². The highest BCUT2D eigenvalue weighted by Crippen LogP contribution is 2.26. The van der Waals surface area contributed by atoms with Gasteiger partial charge in [0.15, 0.2) is 0 Å². The fourth-order valence-electron chi connectivity index (χ4n) is 1.22. The van der Waals surface area contributed by atoms with Crippen LogP contribution in [-0.2, 0) is 0 Å². The summed E-state index contributed by atoms with van der Waals surface area (Å²) in [6.07, 6.45) is 5.33. The molecule has 16 heavy (non-hydrogen) atoms. The minimum Gasteiger partial charge on any atom is -0.478 e. The van der Waals surface area contributed by atoms with Crippen molar-refractivity contribution in [1.29, 1.82) is 0 Å². The smallest absolute Gasteiger partial charge is 0.339 e. The van der Waals surface area contributed by atoms with Gasteiger partial charge in [-0.3, -0.25) is 0 Å². The van der Waals surface area contributed by atoms with Crippen molar-refractivity contribution in [3.05, 3.63) is 28.8 Å². The number of aromatic carboxylic acids is 1. The van der Waals surface area contributed by atoms with E-state index in [0.717, 1.165) is 0 Å². The standard InChI is InChI=1S/C12H12ClNO2/c1-4-12(2,3)14-9-7-5-6-8(13)10(9)11(15)16/h1,5-7,14H,2-3H3,(H,15,16). The van der Waals surface area contributed by atoms with Gasteiger partial charge in [0.2, 0.25) is 0 Å². The molecule has 4 heteroatoms. The van der Waals surface area contributed by atoms with E-state index in [1.807, 2.05) is 0 Å². The van der Waals surface area contributed by atoms with Crippen LogP contribution in [0.3, 0.4) is 0 Å². The van der Waals surface area contributed by atoms with Gasteiger partial charge in [-0.25, -0.2) is 4.79 Å². The molecule has 0 aromatic heterocycles. The summed E-state index contributed by atoms with van der Waals surface area (Å²) in [6, 6.07) is 4.83. The van der Waals surface area contributed by atoms with E-state index in [-0.39, 0.29) is 10.6 Å². The lowest BCUT2D eigenvalue weighted by Crippen LogP contribution is -2.29. The van der Waals surface area contributed by atoms with E-state index >= 15 is 0 Å². The Balaban J connectivity index is 3.21. The summed E-state index contributed by atoms with van der Waals surface area (Å²) < 4.78 is 0. The van der Waals surface area contributed by atoms with E-state index < -0.39 is 11.5 Å². The maximum atomic E-state index is 11.0. The van der Waals surface area contributed by atoms with Crippen molar-refractivity contribution in [2.45, 2.75) is 19.4 Å². The minimum atomic E-state index is -1.08. The number of halogens is 1. The lowest BCUT2D eigenvalue weighted by molar-refractivity contribution is 0.0698. The zero-order valence-corrected chi connectivity index (χ0v) is 9.80. The van der Waals surface area contributed by atoms with Crippen LogP contribution in [0.15, 0.2) is 18.2 Å². The average Bonchev–Trinajstić information content (AvgIpc) is 2.16. The molecule has 0 spiro atoms. The SMILES string of the molecule is C#CC(C)(C)Nc1cccc(Cl)c1C(=O)O. The maximum Gasteiger partial charge on any atom is 0.339 e. The Morgan fingerprint density at radius 2 is 2.19 bits per heavy atom. The van der Waals surface area contributed by atoms with Gasteiger partial charge in [-0.15, -0.1) is 6.42 Å². The number of nitrogens with one attached hydrogen (secondary N) is 1. The zero-order chi connectivity index (χ0) is 12.3. The number of anilines is 1. The van der Waals surface area contributed by atoms with Crippen LogP contribution in [0.2, 0.25) is 5.02 Å². The molecule has 1 aromatic carbocycles. The fourth-order valence-corrected chi connectivity index (χ4v) is 1.47. The molecule has 84 valence electrons. The molecule has 0 radical (unpaired) electrons. The highest BCUT2D eigenvalue weighted by atomic mass is 35.5. The van der Waals surface area contributed by atoms with E-state index in [0.29, 0.717) is 5.69 Å². The maximum absolute atomic E-state index is 11.0. The highest BCUT2D eigenvalue weighted by molar-refractivity contribution is 6.34. The van der Waals surface area contributed by atoms with Gasteiger partial charge in [0.25, 0.3) is 0 Å². The predicted molar refractivity (Wildman–Crippen MR) is 64.9 cm³/mol. The molecule has 0 aliphatic rings. The van der Waals surface area contributed by atoms with Crippen LogP contribution in [0.4, 0.5) is 5.69 Å². The van der Waals surface area contributed by atoms with Crippen LogP contribution < -0.4 is 5.32 Å². The van der Waals surface area contributed by atoms with E-state index in [4.69, 9.17) is 23.1 Å². The fraction of sp³-hybridized carbons (Fsp3) is 0.250. The summed E-state index contributed by atoms with van der Waals surface area (Å²) >= 11 is 5.82. The first-order chi connectivity index (χ1) is 7.37. The number of hydrogen-bond donors (Lipinski definition) is 2. The summed E-state index contributed by atoms with van der Waals surface area (Å²) in [5.41, 5.74) is -0.176. The Bertz CT molecular complexity index is 461. The summed E-state index contributed by atoms with van der Waals surface area (Å²) in [5.74, 6) is 1.45. The third kappa shape index (κ3) is 2.68. The molecule has 0 saturated carbocycles. The predicted octanol–water partition coefficient (Wildman–Crippen LogP) is 2.86. The molecule has 0 amide bonds. The monoisotopic (exact) mass is 237 g/mol. The zero-order valence-electron chi connectivity index (χ0n) is 9.04. The van der Waals surface area contributed by atoms with Crippen LogP contribution >= 0.6 is 11.6 Å². The number of terminal acetylenes is 1. The first-order valence-corrected chi connectivity index (χ1v) is 5.03. The molecular formula is C12H12ClNO2. The van der Waals surface area contributed by atoms with Crippen molar-refractivity contribution in [2.24, 2.45) is 0 Å². The van der Waals surface area contributed by atoms with Crippen molar-refractivity contribution in [3.8, 4) is 12.3 Å². The Hall–Kier alpha value is -1.66. The number of benzene rings is 1. The summed E-state index contributed by atoms with van der Waals surface area (Å²) in [5, 5.41) is 12.2. The molecule has 1 aromatic rings. The Morgan fingerprint density at radius 1 is 1.56 bits per heavy atom. The van der Waals surface area contributed by atoms with E-state index in [1.54, 1.807) is 26.0 Å². The van der Waals surface area contributed by atoms with Gasteiger partial charge in [-0.1, -0.05) is 23.6 Å². The van der Waals surface area contributed by atoms with Crippen molar-refractivity contribution in [2.75, 3.05) is 5.32 Å². The minimum absolute atomic E-state index is 0.0347. The Kier molecular flexibility index (Phi) is 3.46. The molecule has 0 bridgehead atoms. The topological polar surface area (TPSA) is 49.3 Å². The largest absolute Gasteiger partial charge is 0.478 e. The first-order valence-electron chi connectivity index (χ1n) is 4.65. The molecule has 0 heterocycles. The van der Waals surface area contributed by atoms with Gasteiger partial charge in [-0.05, 0) is 26.0 Å². The second-order valence-corrected chi connectivity index (χ2v) is 4.27. The Morgan fingerprint density at radius 3 is 2.69 bits per heavy atom. The molecule has 0 saturated heterocycles. The van der Waals surface area contributed by atoms with Gasteiger partial charge in [0.05, 0.1) is 16.2 Å². The quantitative estimate of drug-likeness (QED) is 0.795. The lowest BCUT2D eigenvalue weighted by atomic mass is 10.0. The second-order valence-electron chi connectivity index (χ2n) is 3.86. The molecule has 0 aliphatic carbocycles. The number of carboxylic acid groups (broad SMARTS) is 1. The van der Waals surface area contributed by atoms with Gasteiger partial charge in [-0.2, -0.15) is 0 Å². The van der Waals surface area contributed by atoms with Gasteiger partial charge in [0.1, 0.15) is 5.56 Å². The Labute approximate surface area is 99.4 Å². The van der Waals surface area contributed by atoms with E-state index in [9.17, 15) is 4.79 Å². The summed E-state index contributed by atoms with van der Waals surface area (Å²) in [4.78, 5) is 11.0. The number of carbonyl (C=O) groups is 1. The summed E-state index contributed by atoms with van der Waals surface area (Å²) in [6.45, 7) is 3.55. The molecule has 1 rings (SSSR count). The first kappa shape index (κ1) is 12.4. The van der Waals surface area contributed by atoms with Crippen LogP contribution in [0.25, 0.3) is 0 Å². The third-order valence-electron chi connectivity index (χ3n) is 2.04. The van der Waals surface area contributed by atoms with Crippen LogP contribution in [-0.4, -0.2) is 16.6 Å². The van der Waals surface area contributed by atoms with E-state index in [2.05, 4.69) is 11.2 Å². The van der Waals surface area contributed by atoms with Crippen LogP contribution in [0, 0.1) is 12.3 Å². The number of rotatable bonds is 3. The average molecular weight is 238 g/mol. The molecule has 2 N–H and O–H groups in total. The second kappa shape index (κ2) is 4.46. The van der Waals surface area contributed by atoms with Crippen molar-refractivity contribution in [1.82, 2.24) is 0 Å². The van der Waals surface area contributed by atoms with E-state index in [1.165, 1.54) is 6.07 Å². The molecule has 0 unspecified atom stereocenters.